The molecule has 2 aromatic carbocycles. The van der Waals surface area contributed by atoms with Gasteiger partial charge in [-0.2, -0.15) is 0 Å². The number of rotatable bonds is 3. The maximum Gasteiger partial charge on any atom is 0.155 e. The van der Waals surface area contributed by atoms with Crippen molar-refractivity contribution in [1.29, 1.82) is 0 Å². The van der Waals surface area contributed by atoms with E-state index in [4.69, 9.17) is 28.2 Å². The second-order valence-electron chi connectivity index (χ2n) is 5.39. The topological polar surface area (TPSA) is 44.5 Å². The van der Waals surface area contributed by atoms with Gasteiger partial charge in [0, 0.05) is 17.3 Å². The van der Waals surface area contributed by atoms with Gasteiger partial charge in [-0.15, -0.1) is 0 Å². The zero-order valence-corrected chi connectivity index (χ0v) is 14.1. The van der Waals surface area contributed by atoms with Gasteiger partial charge in [0.2, 0.25) is 0 Å². The number of nitrogens with one attached hydrogen (secondary N) is 2. The highest BCUT2D eigenvalue weighted by molar-refractivity contribution is 6.42. The summed E-state index contributed by atoms with van der Waals surface area (Å²) in [6, 6.07) is 19.6. The molecule has 5 heteroatoms. The summed E-state index contributed by atoms with van der Waals surface area (Å²) in [5, 5.41) is 1.04. The molecule has 0 aliphatic heterocycles. The Morgan fingerprint density at radius 3 is 2.33 bits per heavy atom. The molecule has 4 rings (SSSR count). The predicted molar refractivity (Wildman–Crippen MR) is 99.3 cm³/mol. The summed E-state index contributed by atoms with van der Waals surface area (Å²) >= 11 is 12.2. The fourth-order valence-corrected chi connectivity index (χ4v) is 2.94. The van der Waals surface area contributed by atoms with E-state index < -0.39 is 0 Å². The predicted octanol–water partition coefficient (Wildman–Crippen LogP) is 6.05. The van der Waals surface area contributed by atoms with Crippen LogP contribution in [0.1, 0.15) is 0 Å². The number of aromatic nitrogens is 3. The van der Waals surface area contributed by atoms with Gasteiger partial charge in [-0.1, -0.05) is 59.6 Å². The van der Waals surface area contributed by atoms with Crippen LogP contribution in [-0.2, 0) is 0 Å². The molecule has 0 saturated heterocycles. The zero-order chi connectivity index (χ0) is 16.5. The Morgan fingerprint density at radius 2 is 1.62 bits per heavy atom. The number of nitrogens with zero attached hydrogens (tertiary/aromatic N) is 1. The third kappa shape index (κ3) is 2.73. The van der Waals surface area contributed by atoms with E-state index in [0.29, 0.717) is 10.0 Å². The highest BCUT2D eigenvalue weighted by atomic mass is 35.5. The number of halogens is 2. The second kappa shape index (κ2) is 6.19. The molecule has 118 valence electrons. The standard InChI is InChI=1S/C19H13Cl2N3/c20-14-9-8-13(11-15(14)21)18-17(12-5-2-1-3-6-12)23-19(24-18)16-7-4-10-22-16/h1-11,22H,(H,23,24). The van der Waals surface area contributed by atoms with Crippen LogP contribution in [0.15, 0.2) is 66.9 Å². The number of aromatic amines is 2. The van der Waals surface area contributed by atoms with E-state index in [0.717, 1.165) is 34.0 Å². The first-order chi connectivity index (χ1) is 11.7. The number of benzene rings is 2. The van der Waals surface area contributed by atoms with Crippen molar-refractivity contribution < 1.29 is 0 Å². The van der Waals surface area contributed by atoms with Crippen molar-refractivity contribution in [3.05, 3.63) is 76.9 Å². The summed E-state index contributed by atoms with van der Waals surface area (Å²) in [6.45, 7) is 0. The van der Waals surface area contributed by atoms with Gasteiger partial charge in [0.05, 0.1) is 27.1 Å². The molecular formula is C19H13Cl2N3. The van der Waals surface area contributed by atoms with Crippen molar-refractivity contribution in [2.45, 2.75) is 0 Å². The fraction of sp³-hybridized carbons (Fsp3) is 0. The molecule has 2 N–H and O–H groups in total. The number of hydrogen-bond acceptors (Lipinski definition) is 1. The van der Waals surface area contributed by atoms with Crippen LogP contribution < -0.4 is 0 Å². The van der Waals surface area contributed by atoms with Crippen LogP contribution in [0.3, 0.4) is 0 Å². The first-order valence-electron chi connectivity index (χ1n) is 7.47. The maximum atomic E-state index is 6.19. The lowest BCUT2D eigenvalue weighted by Gasteiger charge is -2.04. The van der Waals surface area contributed by atoms with Crippen molar-refractivity contribution in [1.82, 2.24) is 15.0 Å². The molecule has 0 fully saturated rings. The highest BCUT2D eigenvalue weighted by Crippen LogP contribution is 2.35. The summed E-state index contributed by atoms with van der Waals surface area (Å²) in [7, 11) is 0. The lowest BCUT2D eigenvalue weighted by Crippen LogP contribution is -1.84. The van der Waals surface area contributed by atoms with Crippen LogP contribution in [0.4, 0.5) is 0 Å². The first kappa shape index (κ1) is 15.1. The Balaban J connectivity index is 1.92. The van der Waals surface area contributed by atoms with Gasteiger partial charge in [0.25, 0.3) is 0 Å². The summed E-state index contributed by atoms with van der Waals surface area (Å²) in [5.41, 5.74) is 4.68. The largest absolute Gasteiger partial charge is 0.359 e. The molecule has 0 aliphatic carbocycles. The molecule has 0 atom stereocenters. The minimum absolute atomic E-state index is 0.512. The molecule has 0 bridgehead atoms. The van der Waals surface area contributed by atoms with Gasteiger partial charge >= 0.3 is 0 Å². The molecule has 2 aromatic heterocycles. The fourth-order valence-electron chi connectivity index (χ4n) is 2.64. The Bertz CT molecular complexity index is 973. The summed E-state index contributed by atoms with van der Waals surface area (Å²) in [5.74, 6) is 0.778. The van der Waals surface area contributed by atoms with E-state index in [1.54, 1.807) is 6.07 Å². The molecule has 3 nitrogen and oxygen atoms in total. The molecule has 24 heavy (non-hydrogen) atoms. The smallest absolute Gasteiger partial charge is 0.155 e. The second-order valence-corrected chi connectivity index (χ2v) is 6.20. The average Bonchev–Trinajstić information content (AvgIpc) is 3.27. The highest BCUT2D eigenvalue weighted by Gasteiger charge is 2.16. The molecule has 0 aliphatic rings. The van der Waals surface area contributed by atoms with Crippen molar-refractivity contribution >= 4 is 23.2 Å². The van der Waals surface area contributed by atoms with E-state index >= 15 is 0 Å². The van der Waals surface area contributed by atoms with E-state index in [-0.39, 0.29) is 0 Å². The van der Waals surface area contributed by atoms with Gasteiger partial charge < -0.3 is 9.97 Å². The van der Waals surface area contributed by atoms with Gasteiger partial charge in [-0.25, -0.2) is 4.98 Å². The molecule has 0 amide bonds. The normalized spacial score (nSPS) is 10.9. The number of hydrogen-bond donors (Lipinski definition) is 2. The van der Waals surface area contributed by atoms with E-state index in [1.807, 2.05) is 60.8 Å². The van der Waals surface area contributed by atoms with E-state index in [2.05, 4.69) is 9.97 Å². The number of H-pyrrole nitrogens is 2. The van der Waals surface area contributed by atoms with Gasteiger partial charge in [0.15, 0.2) is 5.82 Å². The minimum atomic E-state index is 0.512. The first-order valence-corrected chi connectivity index (χ1v) is 8.22. The number of imidazole rings is 1. The monoisotopic (exact) mass is 353 g/mol. The molecule has 4 aromatic rings. The minimum Gasteiger partial charge on any atom is -0.359 e. The van der Waals surface area contributed by atoms with Crippen LogP contribution in [0, 0.1) is 0 Å². The lowest BCUT2D eigenvalue weighted by atomic mass is 10.1. The van der Waals surface area contributed by atoms with Crippen molar-refractivity contribution in [2.24, 2.45) is 0 Å². The quantitative estimate of drug-likeness (QED) is 0.462. The van der Waals surface area contributed by atoms with Crippen LogP contribution in [-0.4, -0.2) is 15.0 Å². The lowest BCUT2D eigenvalue weighted by molar-refractivity contribution is 1.26. The van der Waals surface area contributed by atoms with Crippen molar-refractivity contribution in [3.63, 3.8) is 0 Å². The summed E-state index contributed by atoms with van der Waals surface area (Å²) in [6.07, 6.45) is 1.87. The third-order valence-electron chi connectivity index (χ3n) is 3.81. The molecule has 0 saturated carbocycles. The van der Waals surface area contributed by atoms with Crippen molar-refractivity contribution in [2.75, 3.05) is 0 Å². The van der Waals surface area contributed by atoms with Crippen LogP contribution in [0.25, 0.3) is 34.0 Å². The Hall–Kier alpha value is -2.49. The zero-order valence-electron chi connectivity index (χ0n) is 12.6. The molecule has 2 heterocycles. The Kier molecular flexibility index (Phi) is 3.89. The van der Waals surface area contributed by atoms with Gasteiger partial charge in [-0.3, -0.25) is 0 Å². The molecular weight excluding hydrogens is 341 g/mol. The van der Waals surface area contributed by atoms with Crippen molar-refractivity contribution in [3.8, 4) is 34.0 Å². The van der Waals surface area contributed by atoms with Crippen LogP contribution >= 0.6 is 23.2 Å². The maximum absolute atomic E-state index is 6.19. The summed E-state index contributed by atoms with van der Waals surface area (Å²) < 4.78 is 0. The van der Waals surface area contributed by atoms with Gasteiger partial charge in [0.1, 0.15) is 0 Å². The Morgan fingerprint density at radius 1 is 0.792 bits per heavy atom. The Labute approximate surface area is 149 Å². The van der Waals surface area contributed by atoms with E-state index in [1.165, 1.54) is 0 Å². The molecule has 0 unspecified atom stereocenters. The van der Waals surface area contributed by atoms with E-state index in [9.17, 15) is 0 Å². The van der Waals surface area contributed by atoms with Crippen LogP contribution in [0.5, 0.6) is 0 Å². The molecule has 0 radical (unpaired) electrons. The summed E-state index contributed by atoms with van der Waals surface area (Å²) in [4.78, 5) is 11.4. The SMILES string of the molecule is Clc1ccc(-c2nc(-c3ccc[nH]3)[nH]c2-c2ccccc2)cc1Cl. The third-order valence-corrected chi connectivity index (χ3v) is 4.55. The van der Waals surface area contributed by atoms with Gasteiger partial charge in [-0.05, 0) is 24.3 Å². The average molecular weight is 354 g/mol. The molecule has 0 spiro atoms. The van der Waals surface area contributed by atoms with Crippen LogP contribution in [0.2, 0.25) is 10.0 Å².